The topological polar surface area (TPSA) is 188 Å². The van der Waals surface area contributed by atoms with E-state index in [1.165, 1.54) is 0 Å². The van der Waals surface area contributed by atoms with Gasteiger partial charge in [-0.25, -0.2) is 0 Å². The molecule has 4 aliphatic heterocycles. The molecule has 266 valence electrons. The van der Waals surface area contributed by atoms with Gasteiger partial charge in [0.1, 0.15) is 42.7 Å². The molecule has 0 amide bonds. The lowest BCUT2D eigenvalue weighted by molar-refractivity contribution is -0.370. The molecule has 0 radical (unpaired) electrons. The lowest BCUT2D eigenvalue weighted by Crippen LogP contribution is -2.65. The van der Waals surface area contributed by atoms with Crippen LogP contribution in [0.25, 0.3) is 0 Å². The number of rotatable bonds is 4. The number of hydrogen-bond donors (Lipinski definition) is 7. The number of ether oxygens (including phenoxy) is 5. The van der Waals surface area contributed by atoms with Crippen LogP contribution in [0.15, 0.2) is 24.3 Å². The van der Waals surface area contributed by atoms with E-state index < -0.39 is 73.8 Å². The Morgan fingerprint density at radius 3 is 2.34 bits per heavy atom. The Bertz CT molecular complexity index is 1200. The zero-order valence-electron chi connectivity index (χ0n) is 27.6. The van der Waals surface area contributed by atoms with Crippen LogP contribution in [-0.2, 0) is 23.7 Å². The first kappa shape index (κ1) is 34.4. The molecule has 7 aliphatic rings. The molecule has 3 aliphatic carbocycles. The van der Waals surface area contributed by atoms with Crippen LogP contribution in [0, 0.1) is 40.4 Å². The summed E-state index contributed by atoms with van der Waals surface area (Å²) >= 11 is 0. The molecule has 1 spiro atoms. The summed E-state index contributed by atoms with van der Waals surface area (Å²) in [4.78, 5) is 0. The third kappa shape index (κ3) is 5.33. The fourth-order valence-electron chi connectivity index (χ4n) is 10.6. The van der Waals surface area contributed by atoms with Gasteiger partial charge in [-0.2, -0.15) is 0 Å². The van der Waals surface area contributed by atoms with Gasteiger partial charge in [-0.15, -0.1) is 0 Å². The van der Waals surface area contributed by atoms with Crippen molar-refractivity contribution >= 4 is 0 Å². The Labute approximate surface area is 276 Å². The first-order valence-electron chi connectivity index (χ1n) is 17.6. The summed E-state index contributed by atoms with van der Waals surface area (Å²) in [5, 5.41) is 72.7. The highest BCUT2D eigenvalue weighted by Gasteiger charge is 2.67. The number of aliphatic hydroxyl groups excluding tert-OH is 7. The lowest BCUT2D eigenvalue weighted by Gasteiger charge is -2.59. The first-order valence-corrected chi connectivity index (χ1v) is 17.6. The Kier molecular flexibility index (Phi) is 9.05. The zero-order valence-corrected chi connectivity index (χ0v) is 27.6. The Hall–Kier alpha value is -1.00. The Morgan fingerprint density at radius 1 is 0.894 bits per heavy atom. The summed E-state index contributed by atoms with van der Waals surface area (Å²) in [5.41, 5.74) is 1.12. The Balaban J connectivity index is 1.11. The second-order valence-electron chi connectivity index (χ2n) is 16.1. The van der Waals surface area contributed by atoms with Gasteiger partial charge in [0.05, 0.1) is 25.4 Å². The Morgan fingerprint density at radius 2 is 1.64 bits per heavy atom. The summed E-state index contributed by atoms with van der Waals surface area (Å²) in [6.45, 7) is 11.2. The minimum atomic E-state index is -1.83. The van der Waals surface area contributed by atoms with Crippen molar-refractivity contribution in [2.24, 2.45) is 40.4 Å². The van der Waals surface area contributed by atoms with E-state index in [0.29, 0.717) is 18.9 Å². The molecule has 4 heterocycles. The monoisotopic (exact) mass is 666 g/mol. The molecule has 47 heavy (non-hydrogen) atoms. The highest BCUT2D eigenvalue weighted by Crippen LogP contribution is 2.66. The van der Waals surface area contributed by atoms with Crippen LogP contribution < -0.4 is 0 Å². The van der Waals surface area contributed by atoms with Crippen LogP contribution in [-0.4, -0.2) is 122 Å². The van der Waals surface area contributed by atoms with Gasteiger partial charge in [-0.05, 0) is 61.7 Å². The van der Waals surface area contributed by atoms with Gasteiger partial charge in [-0.1, -0.05) is 45.1 Å². The van der Waals surface area contributed by atoms with Crippen molar-refractivity contribution in [2.45, 2.75) is 139 Å². The van der Waals surface area contributed by atoms with E-state index in [1.54, 1.807) is 0 Å². The van der Waals surface area contributed by atoms with Gasteiger partial charge in [0.2, 0.25) is 0 Å². The molecular weight excluding hydrogens is 612 g/mol. The predicted molar refractivity (Wildman–Crippen MR) is 165 cm³/mol. The summed E-state index contributed by atoms with van der Waals surface area (Å²) < 4.78 is 30.9. The molecule has 19 atom stereocenters. The highest BCUT2D eigenvalue weighted by molar-refractivity contribution is 5.21. The van der Waals surface area contributed by atoms with Crippen LogP contribution >= 0.6 is 0 Å². The predicted octanol–water partition coefficient (Wildman–Crippen LogP) is 0.733. The summed E-state index contributed by atoms with van der Waals surface area (Å²) in [5.74, 6) is 0.431. The van der Waals surface area contributed by atoms with Crippen molar-refractivity contribution in [3.05, 3.63) is 24.3 Å². The minimum Gasteiger partial charge on any atom is -0.394 e. The van der Waals surface area contributed by atoms with Gasteiger partial charge in [-0.3, -0.25) is 0 Å². The second-order valence-corrected chi connectivity index (χ2v) is 16.1. The molecule has 0 aromatic heterocycles. The zero-order chi connectivity index (χ0) is 33.6. The third-order valence-corrected chi connectivity index (χ3v) is 13.9. The normalized spacial score (nSPS) is 57.8. The summed E-state index contributed by atoms with van der Waals surface area (Å²) in [6, 6.07) is 0. The summed E-state index contributed by atoms with van der Waals surface area (Å²) in [7, 11) is 0. The van der Waals surface area contributed by atoms with Crippen LogP contribution in [0.4, 0.5) is 0 Å². The van der Waals surface area contributed by atoms with Crippen molar-refractivity contribution < 1.29 is 59.4 Å². The van der Waals surface area contributed by atoms with Crippen molar-refractivity contribution in [2.75, 3.05) is 13.2 Å². The molecule has 2 saturated carbocycles. The lowest BCUT2D eigenvalue weighted by atomic mass is 9.47. The second kappa shape index (κ2) is 12.3. The van der Waals surface area contributed by atoms with Crippen LogP contribution in [0.1, 0.15) is 65.7 Å². The van der Waals surface area contributed by atoms with Gasteiger partial charge in [0, 0.05) is 23.7 Å². The molecule has 12 heteroatoms. The van der Waals surface area contributed by atoms with E-state index >= 15 is 0 Å². The molecule has 7 N–H and O–H groups in total. The quantitative estimate of drug-likeness (QED) is 0.209. The third-order valence-electron chi connectivity index (χ3n) is 13.9. The van der Waals surface area contributed by atoms with Crippen molar-refractivity contribution in [1.82, 2.24) is 0 Å². The van der Waals surface area contributed by atoms with E-state index in [2.05, 4.69) is 39.5 Å². The smallest absolute Gasteiger partial charge is 0.189 e. The number of aliphatic hydroxyl groups is 7. The summed E-state index contributed by atoms with van der Waals surface area (Å²) in [6.07, 6.45) is -3.68. The van der Waals surface area contributed by atoms with Crippen LogP contribution in [0.3, 0.4) is 0 Å². The van der Waals surface area contributed by atoms with E-state index in [9.17, 15) is 35.7 Å². The average Bonchev–Trinajstić information content (AvgIpc) is 3.28. The van der Waals surface area contributed by atoms with Crippen molar-refractivity contribution in [1.29, 1.82) is 0 Å². The number of fused-ring (bicyclic) bond motifs is 5. The first-order chi connectivity index (χ1) is 22.2. The van der Waals surface area contributed by atoms with E-state index in [-0.39, 0.29) is 40.6 Å². The molecule has 0 aromatic rings. The van der Waals surface area contributed by atoms with Crippen molar-refractivity contribution in [3.63, 3.8) is 0 Å². The van der Waals surface area contributed by atoms with E-state index in [4.69, 9.17) is 23.7 Å². The number of hydrogen-bond acceptors (Lipinski definition) is 12. The van der Waals surface area contributed by atoms with Gasteiger partial charge in [0.25, 0.3) is 0 Å². The molecule has 0 unspecified atom stereocenters. The standard InChI is InChI=1S/C35H54O12/c1-16-7-12-35(43-15-16)17(2)33(3)11-9-21-20(30(33)47-35)6-5-19-13-18(8-10-34(19,21)4)28-29(25(39)23(37)22(14-36)44-28)45-32-27(41)24(38)26(40)31(42)46-32/h5-6,17-32,36-42H,1,7-15H2,2-4H3/t17-,18-,19+,20-,21+,22-,23+,24-,25+,26+,27-,28+,29+,30+,31-,32+,33-,34+,35+/m0/s1. The molecular formula is C35H54O12. The molecule has 0 aromatic carbocycles. The van der Waals surface area contributed by atoms with E-state index in [1.807, 2.05) is 0 Å². The van der Waals surface area contributed by atoms with E-state index in [0.717, 1.165) is 44.1 Å². The maximum Gasteiger partial charge on any atom is 0.189 e. The van der Waals surface area contributed by atoms with Gasteiger partial charge in [0.15, 0.2) is 18.4 Å². The fraction of sp³-hybridized carbons (Fsp3) is 0.886. The van der Waals surface area contributed by atoms with Gasteiger partial charge < -0.3 is 59.4 Å². The average molecular weight is 667 g/mol. The maximum atomic E-state index is 11.2. The van der Waals surface area contributed by atoms with Crippen LogP contribution in [0.2, 0.25) is 0 Å². The molecule has 4 saturated heterocycles. The van der Waals surface area contributed by atoms with Gasteiger partial charge >= 0.3 is 0 Å². The highest BCUT2D eigenvalue weighted by atomic mass is 16.8. The maximum absolute atomic E-state index is 11.2. The molecule has 7 rings (SSSR count). The largest absolute Gasteiger partial charge is 0.394 e. The molecule has 6 fully saturated rings. The number of allylic oxidation sites excluding steroid dienone is 1. The molecule has 0 bridgehead atoms. The minimum absolute atomic E-state index is 0.00428. The fourth-order valence-corrected chi connectivity index (χ4v) is 10.6. The van der Waals surface area contributed by atoms with Crippen molar-refractivity contribution in [3.8, 4) is 0 Å². The van der Waals surface area contributed by atoms with Crippen LogP contribution in [0.5, 0.6) is 0 Å². The molecule has 12 nitrogen and oxygen atoms in total. The SMILES string of the molecule is C=C1CC[C@@]2(OC1)O[C@@H]1[C@H]3C=C[C@@H]4C[C@@H]([C@H]5O[C@@H](CO)[C@@H](O)[C@@H](O)[C@H]5O[C@@H]5O[C@H](O)[C@H](O)[C@H](O)[C@@H]5O)CC[C@@]4(C)[C@@H]3CC[C@@]1(C)[C@@H]2C.